The largest absolute Gasteiger partial charge is 0.342 e. The van der Waals surface area contributed by atoms with Crippen molar-refractivity contribution in [3.05, 3.63) is 70.0 Å². The monoisotopic (exact) mass is 485 g/mol. The van der Waals surface area contributed by atoms with Gasteiger partial charge in [0.1, 0.15) is 0 Å². The number of amides is 2. The number of benzene rings is 2. The Morgan fingerprint density at radius 3 is 2.55 bits per heavy atom. The average molecular weight is 486 g/mol. The molecular weight excluding hydrogens is 458 g/mol. The molecule has 1 aromatic heterocycles. The minimum atomic E-state index is -0.371. The number of carbonyl (C=O) groups is 2. The van der Waals surface area contributed by atoms with Crippen LogP contribution in [0.2, 0.25) is 5.02 Å². The summed E-state index contributed by atoms with van der Waals surface area (Å²) in [6.07, 6.45) is 0. The first-order valence-corrected chi connectivity index (χ1v) is 12.0. The number of thioether (sulfide) groups is 1. The SMILES string of the molecule is Cc1ccc(C)c(NC(=O)CSc2nnc(C(NC(=O)c3ccccc3Cl)C(C)C)n2C)c1. The van der Waals surface area contributed by atoms with Gasteiger partial charge in [0.2, 0.25) is 5.91 Å². The molecule has 0 aliphatic heterocycles. The highest BCUT2D eigenvalue weighted by Crippen LogP contribution is 2.26. The van der Waals surface area contributed by atoms with E-state index in [2.05, 4.69) is 20.8 Å². The molecule has 0 saturated carbocycles. The van der Waals surface area contributed by atoms with Crippen LogP contribution >= 0.6 is 23.4 Å². The first kappa shape index (κ1) is 24.8. The number of nitrogens with zero attached hydrogens (tertiary/aromatic N) is 3. The molecule has 0 aliphatic carbocycles. The highest BCUT2D eigenvalue weighted by atomic mass is 35.5. The van der Waals surface area contributed by atoms with Gasteiger partial charge in [-0.05, 0) is 49.1 Å². The van der Waals surface area contributed by atoms with E-state index < -0.39 is 0 Å². The van der Waals surface area contributed by atoms with Crippen LogP contribution in [0.5, 0.6) is 0 Å². The van der Waals surface area contributed by atoms with Crippen LogP contribution in [-0.2, 0) is 11.8 Å². The van der Waals surface area contributed by atoms with Gasteiger partial charge in [-0.1, -0.05) is 61.5 Å². The Morgan fingerprint density at radius 1 is 1.12 bits per heavy atom. The fourth-order valence-corrected chi connectivity index (χ4v) is 4.24. The number of anilines is 1. The van der Waals surface area contributed by atoms with Gasteiger partial charge in [-0.15, -0.1) is 10.2 Å². The lowest BCUT2D eigenvalue weighted by molar-refractivity contribution is -0.113. The van der Waals surface area contributed by atoms with E-state index in [4.69, 9.17) is 11.6 Å². The molecule has 0 saturated heterocycles. The summed E-state index contributed by atoms with van der Waals surface area (Å²) in [6.45, 7) is 7.94. The number of aryl methyl sites for hydroxylation is 2. The Morgan fingerprint density at radius 2 is 1.85 bits per heavy atom. The standard InChI is InChI=1S/C24H28ClN5O2S/c1-14(2)21(27-23(32)17-8-6-7-9-18(17)25)22-28-29-24(30(22)5)33-13-20(31)26-19-12-15(3)10-11-16(19)4/h6-12,14,21H,13H2,1-5H3,(H,26,31)(H,27,32). The van der Waals surface area contributed by atoms with Crippen LogP contribution in [-0.4, -0.2) is 32.3 Å². The molecule has 33 heavy (non-hydrogen) atoms. The van der Waals surface area contributed by atoms with E-state index in [1.807, 2.05) is 57.5 Å². The van der Waals surface area contributed by atoms with E-state index in [1.54, 1.807) is 24.3 Å². The maximum atomic E-state index is 12.8. The predicted molar refractivity (Wildman–Crippen MR) is 133 cm³/mol. The van der Waals surface area contributed by atoms with Crippen LogP contribution in [0.25, 0.3) is 0 Å². The fraction of sp³-hybridized carbons (Fsp3) is 0.333. The summed E-state index contributed by atoms with van der Waals surface area (Å²) in [4.78, 5) is 25.3. The second-order valence-electron chi connectivity index (χ2n) is 8.23. The second-order valence-corrected chi connectivity index (χ2v) is 9.58. The molecule has 0 radical (unpaired) electrons. The van der Waals surface area contributed by atoms with Gasteiger partial charge in [0.25, 0.3) is 5.91 Å². The van der Waals surface area contributed by atoms with Crippen LogP contribution in [0.3, 0.4) is 0 Å². The van der Waals surface area contributed by atoms with E-state index in [0.29, 0.717) is 21.6 Å². The van der Waals surface area contributed by atoms with E-state index in [9.17, 15) is 9.59 Å². The van der Waals surface area contributed by atoms with Crippen molar-refractivity contribution in [1.29, 1.82) is 0 Å². The van der Waals surface area contributed by atoms with Gasteiger partial charge < -0.3 is 15.2 Å². The zero-order valence-corrected chi connectivity index (χ0v) is 20.9. The first-order chi connectivity index (χ1) is 15.7. The number of hydrogen-bond acceptors (Lipinski definition) is 5. The molecule has 1 unspecified atom stereocenters. The molecule has 0 aliphatic rings. The maximum absolute atomic E-state index is 12.8. The molecule has 9 heteroatoms. The van der Waals surface area contributed by atoms with E-state index in [1.165, 1.54) is 11.8 Å². The van der Waals surface area contributed by atoms with Crippen LogP contribution < -0.4 is 10.6 Å². The lowest BCUT2D eigenvalue weighted by Gasteiger charge is -2.22. The Balaban J connectivity index is 1.69. The zero-order chi connectivity index (χ0) is 24.1. The third-order valence-corrected chi connectivity index (χ3v) is 6.57. The Kier molecular flexibility index (Phi) is 8.15. The van der Waals surface area contributed by atoms with Crippen molar-refractivity contribution in [3.63, 3.8) is 0 Å². The molecule has 2 aromatic carbocycles. The number of halogens is 1. The lowest BCUT2D eigenvalue weighted by Crippen LogP contribution is -2.33. The smallest absolute Gasteiger partial charge is 0.253 e. The summed E-state index contributed by atoms with van der Waals surface area (Å²) in [7, 11) is 1.83. The van der Waals surface area contributed by atoms with Gasteiger partial charge in [0.05, 0.1) is 22.4 Å². The van der Waals surface area contributed by atoms with Gasteiger partial charge in [-0.25, -0.2) is 0 Å². The van der Waals surface area contributed by atoms with Crippen LogP contribution in [0.4, 0.5) is 5.69 Å². The lowest BCUT2D eigenvalue weighted by atomic mass is 10.0. The molecule has 3 aromatic rings. The topological polar surface area (TPSA) is 88.9 Å². The van der Waals surface area contributed by atoms with Crippen molar-refractivity contribution in [2.24, 2.45) is 13.0 Å². The molecule has 1 atom stereocenters. The Bertz CT molecular complexity index is 1160. The molecule has 0 fully saturated rings. The highest BCUT2D eigenvalue weighted by Gasteiger charge is 2.26. The van der Waals surface area contributed by atoms with Gasteiger partial charge in [-0.2, -0.15) is 0 Å². The first-order valence-electron chi connectivity index (χ1n) is 10.6. The summed E-state index contributed by atoms with van der Waals surface area (Å²) in [5.41, 5.74) is 3.31. The minimum absolute atomic E-state index is 0.0600. The normalized spacial score (nSPS) is 12.0. The van der Waals surface area contributed by atoms with Crippen LogP contribution in [0.15, 0.2) is 47.6 Å². The number of nitrogens with one attached hydrogen (secondary N) is 2. The Hall–Kier alpha value is -2.84. The maximum Gasteiger partial charge on any atom is 0.253 e. The van der Waals surface area contributed by atoms with Crippen molar-refractivity contribution >= 4 is 40.9 Å². The quantitative estimate of drug-likeness (QED) is 0.441. The van der Waals surface area contributed by atoms with E-state index in [0.717, 1.165) is 16.8 Å². The molecule has 2 N–H and O–H groups in total. The summed E-state index contributed by atoms with van der Waals surface area (Å²) in [5, 5.41) is 15.5. The summed E-state index contributed by atoms with van der Waals surface area (Å²) >= 11 is 7.47. The summed E-state index contributed by atoms with van der Waals surface area (Å²) in [5.74, 6) is 0.472. The number of carbonyl (C=O) groups excluding carboxylic acids is 2. The number of aromatic nitrogens is 3. The van der Waals surface area contributed by atoms with Gasteiger partial charge in [0, 0.05) is 12.7 Å². The van der Waals surface area contributed by atoms with Crippen molar-refractivity contribution < 1.29 is 9.59 Å². The van der Waals surface area contributed by atoms with Crippen molar-refractivity contribution in [2.75, 3.05) is 11.1 Å². The predicted octanol–water partition coefficient (Wildman–Crippen LogP) is 4.94. The molecule has 174 valence electrons. The third kappa shape index (κ3) is 6.15. The molecule has 2 amide bonds. The number of rotatable bonds is 8. The van der Waals surface area contributed by atoms with Crippen LogP contribution in [0, 0.1) is 19.8 Å². The Labute approximate surface area is 203 Å². The fourth-order valence-electron chi connectivity index (χ4n) is 3.30. The minimum Gasteiger partial charge on any atom is -0.342 e. The van der Waals surface area contributed by atoms with Gasteiger partial charge >= 0.3 is 0 Å². The molecule has 0 spiro atoms. The van der Waals surface area contributed by atoms with Crippen LogP contribution in [0.1, 0.15) is 47.2 Å². The third-order valence-electron chi connectivity index (χ3n) is 5.22. The number of hydrogen-bond donors (Lipinski definition) is 2. The van der Waals surface area contributed by atoms with Crippen molar-refractivity contribution in [1.82, 2.24) is 20.1 Å². The molecule has 3 rings (SSSR count). The molecule has 1 heterocycles. The van der Waals surface area contributed by atoms with Crippen molar-refractivity contribution in [2.45, 2.75) is 38.9 Å². The molecule has 7 nitrogen and oxygen atoms in total. The molecular formula is C24H28ClN5O2S. The second kappa shape index (κ2) is 10.9. The average Bonchev–Trinajstić information content (AvgIpc) is 3.13. The summed E-state index contributed by atoms with van der Waals surface area (Å²) < 4.78 is 1.81. The summed E-state index contributed by atoms with van der Waals surface area (Å²) in [6, 6.07) is 12.5. The highest BCUT2D eigenvalue weighted by molar-refractivity contribution is 7.99. The van der Waals surface area contributed by atoms with Gasteiger partial charge in [-0.3, -0.25) is 9.59 Å². The van der Waals surface area contributed by atoms with Crippen molar-refractivity contribution in [3.8, 4) is 0 Å². The zero-order valence-electron chi connectivity index (χ0n) is 19.3. The molecule has 0 bridgehead atoms. The van der Waals surface area contributed by atoms with E-state index >= 15 is 0 Å². The van der Waals surface area contributed by atoms with E-state index in [-0.39, 0.29) is 29.5 Å². The van der Waals surface area contributed by atoms with Gasteiger partial charge in [0.15, 0.2) is 11.0 Å².